The van der Waals surface area contributed by atoms with Crippen LogP contribution in [0, 0.1) is 5.92 Å². The fourth-order valence-corrected chi connectivity index (χ4v) is 1.21. The molecule has 1 amide bonds. The molecule has 0 spiro atoms. The summed E-state index contributed by atoms with van der Waals surface area (Å²) in [6.45, 7) is 2.13. The van der Waals surface area contributed by atoms with Crippen LogP contribution in [0.1, 0.15) is 12.8 Å². The van der Waals surface area contributed by atoms with E-state index in [9.17, 15) is 4.79 Å². The molecule has 1 aliphatic rings. The predicted octanol–water partition coefficient (Wildman–Crippen LogP) is -5.38. The Labute approximate surface area is 97.2 Å². The quantitative estimate of drug-likeness (QED) is 0.391. The summed E-state index contributed by atoms with van der Waals surface area (Å²) in [7, 11) is 0. The third kappa shape index (κ3) is 10.6. The molecule has 0 radical (unpaired) electrons. The van der Waals surface area contributed by atoms with Gasteiger partial charge in [0.15, 0.2) is 5.97 Å². The van der Waals surface area contributed by atoms with Crippen LogP contribution in [-0.4, -0.2) is 47.0 Å². The molecule has 1 saturated heterocycles. The first-order valence-corrected chi connectivity index (χ1v) is 4.50. The first-order chi connectivity index (χ1) is 6.95. The summed E-state index contributed by atoms with van der Waals surface area (Å²) in [5.74, 6) is -3.97. The van der Waals surface area contributed by atoms with Crippen LogP contribution >= 0.6 is 0 Å². The number of aliphatic carboxylic acids is 2. The Bertz CT molecular complexity index is 238. The van der Waals surface area contributed by atoms with Crippen molar-refractivity contribution in [2.75, 3.05) is 13.1 Å². The number of piperidine rings is 1. The highest BCUT2D eigenvalue weighted by Gasteiger charge is 2.19. The van der Waals surface area contributed by atoms with Gasteiger partial charge < -0.3 is 37.0 Å². The second-order valence-corrected chi connectivity index (χ2v) is 3.14. The maximum absolute atomic E-state index is 10.6. The van der Waals surface area contributed by atoms with Gasteiger partial charge in [0.2, 0.25) is 5.91 Å². The van der Waals surface area contributed by atoms with Crippen LogP contribution in [0.5, 0.6) is 0 Å². The molecule has 0 aromatic rings. The molecule has 1 fully saturated rings. The Balaban J connectivity index is -0.000000221. The van der Waals surface area contributed by atoms with Crippen LogP contribution in [0.15, 0.2) is 0 Å². The van der Waals surface area contributed by atoms with Gasteiger partial charge in [-0.3, -0.25) is 4.79 Å². The van der Waals surface area contributed by atoms with E-state index in [1.165, 1.54) is 0 Å². The molecule has 1 heterocycles. The molecule has 17 heavy (non-hydrogen) atoms. The SMILES string of the molecule is NC(=O)C1CC[NH2+]CC1.O.O.O=C([O-])C(=O)O. The van der Waals surface area contributed by atoms with E-state index in [0.29, 0.717) is 0 Å². The van der Waals surface area contributed by atoms with Gasteiger partial charge in [-0.05, 0) is 0 Å². The third-order valence-electron chi connectivity index (χ3n) is 2.02. The summed E-state index contributed by atoms with van der Waals surface area (Å²) in [4.78, 5) is 28.6. The number of carboxylic acids is 2. The maximum atomic E-state index is 10.6. The molecule has 0 atom stereocenters. The van der Waals surface area contributed by atoms with Crippen molar-refractivity contribution in [3.05, 3.63) is 0 Å². The number of primary amides is 1. The zero-order valence-corrected chi connectivity index (χ0v) is 9.14. The van der Waals surface area contributed by atoms with Gasteiger partial charge in [0.1, 0.15) is 0 Å². The minimum absolute atomic E-state index is 0. The number of rotatable bonds is 1. The second-order valence-electron chi connectivity index (χ2n) is 3.14. The number of hydrogen-bond acceptors (Lipinski definition) is 4. The molecular formula is C8H18N2O7. The normalized spacial score (nSPS) is 14.1. The molecule has 0 saturated carbocycles. The molecule has 0 aromatic heterocycles. The maximum Gasteiger partial charge on any atom is 0.351 e. The number of carbonyl (C=O) groups is 3. The van der Waals surface area contributed by atoms with Gasteiger partial charge in [0.05, 0.1) is 13.1 Å². The van der Waals surface area contributed by atoms with E-state index >= 15 is 0 Å². The molecule has 9 heteroatoms. The average Bonchev–Trinajstić information content (AvgIpc) is 2.20. The average molecular weight is 254 g/mol. The highest BCUT2D eigenvalue weighted by molar-refractivity contribution is 6.26. The molecule has 0 aliphatic carbocycles. The number of hydrogen-bond donors (Lipinski definition) is 3. The van der Waals surface area contributed by atoms with E-state index < -0.39 is 11.9 Å². The first kappa shape index (κ1) is 20.7. The van der Waals surface area contributed by atoms with Gasteiger partial charge in [0.25, 0.3) is 0 Å². The van der Waals surface area contributed by atoms with Gasteiger partial charge in [-0.15, -0.1) is 0 Å². The lowest BCUT2D eigenvalue weighted by atomic mass is 9.98. The standard InChI is InChI=1S/C6H12N2O.C2H2O4.2H2O/c7-6(9)5-1-3-8-4-2-5;3-1(4)2(5)6;;/h5,8H,1-4H2,(H2,7,9);(H,3,4)(H,5,6);2*1H2. The number of quaternary nitrogens is 1. The zero-order valence-electron chi connectivity index (χ0n) is 9.14. The summed E-state index contributed by atoms with van der Waals surface area (Å²) in [5.41, 5.74) is 5.11. The molecule has 0 unspecified atom stereocenters. The number of nitrogens with two attached hydrogens (primary N) is 2. The number of amides is 1. The predicted molar refractivity (Wildman–Crippen MR) is 53.4 cm³/mol. The van der Waals surface area contributed by atoms with Crippen molar-refractivity contribution in [3.8, 4) is 0 Å². The van der Waals surface area contributed by atoms with E-state index in [1.807, 2.05) is 0 Å². The summed E-state index contributed by atoms with van der Waals surface area (Å²) in [5, 5.41) is 18.5. The number of carbonyl (C=O) groups excluding carboxylic acids is 2. The Hall–Kier alpha value is -1.71. The van der Waals surface area contributed by atoms with E-state index in [4.69, 9.17) is 25.5 Å². The van der Waals surface area contributed by atoms with Crippen molar-refractivity contribution in [1.29, 1.82) is 0 Å². The fraction of sp³-hybridized carbons (Fsp3) is 0.625. The van der Waals surface area contributed by atoms with E-state index in [0.717, 1.165) is 25.9 Å². The van der Waals surface area contributed by atoms with Gasteiger partial charge in [-0.1, -0.05) is 0 Å². The van der Waals surface area contributed by atoms with E-state index in [-0.39, 0.29) is 22.8 Å². The smallest absolute Gasteiger partial charge is 0.351 e. The van der Waals surface area contributed by atoms with Crippen molar-refractivity contribution >= 4 is 17.8 Å². The molecular weight excluding hydrogens is 236 g/mol. The van der Waals surface area contributed by atoms with Gasteiger partial charge in [0, 0.05) is 18.8 Å². The third-order valence-corrected chi connectivity index (χ3v) is 2.02. The fourth-order valence-electron chi connectivity index (χ4n) is 1.21. The lowest BCUT2D eigenvalue weighted by molar-refractivity contribution is -0.663. The summed E-state index contributed by atoms with van der Waals surface area (Å²) in [6, 6.07) is 0. The lowest BCUT2D eigenvalue weighted by Crippen LogP contribution is -2.86. The lowest BCUT2D eigenvalue weighted by Gasteiger charge is -2.16. The van der Waals surface area contributed by atoms with Crippen LogP contribution in [0.2, 0.25) is 0 Å². The topological polar surface area (TPSA) is 200 Å². The zero-order chi connectivity index (χ0) is 11.8. The van der Waals surface area contributed by atoms with Crippen molar-refractivity contribution in [2.45, 2.75) is 12.8 Å². The highest BCUT2D eigenvalue weighted by atomic mass is 16.4. The van der Waals surface area contributed by atoms with Crippen LogP contribution in [0.4, 0.5) is 0 Å². The van der Waals surface area contributed by atoms with E-state index in [2.05, 4.69) is 5.32 Å². The highest BCUT2D eigenvalue weighted by Crippen LogP contribution is 2.06. The van der Waals surface area contributed by atoms with Crippen molar-refractivity contribution in [3.63, 3.8) is 0 Å². The molecule has 9 nitrogen and oxygen atoms in total. The Morgan fingerprint density at radius 3 is 1.71 bits per heavy atom. The van der Waals surface area contributed by atoms with Crippen LogP contribution in [0.3, 0.4) is 0 Å². The minimum atomic E-state index is -2.07. The number of carboxylic acid groups (broad SMARTS) is 2. The molecule has 0 bridgehead atoms. The molecule has 1 rings (SSSR count). The first-order valence-electron chi connectivity index (χ1n) is 4.50. The summed E-state index contributed by atoms with van der Waals surface area (Å²) < 4.78 is 0. The van der Waals surface area contributed by atoms with Crippen LogP contribution < -0.4 is 16.2 Å². The molecule has 9 N–H and O–H groups in total. The molecule has 102 valence electrons. The monoisotopic (exact) mass is 254 g/mol. The Kier molecular flexibility index (Phi) is 13.1. The Morgan fingerprint density at radius 2 is 1.53 bits per heavy atom. The molecule has 0 aromatic carbocycles. The summed E-state index contributed by atoms with van der Waals surface area (Å²) >= 11 is 0. The van der Waals surface area contributed by atoms with Crippen molar-refractivity contribution < 1.29 is 40.9 Å². The Morgan fingerprint density at radius 1 is 1.18 bits per heavy atom. The van der Waals surface area contributed by atoms with Crippen molar-refractivity contribution in [2.24, 2.45) is 11.7 Å². The van der Waals surface area contributed by atoms with Crippen LogP contribution in [0.25, 0.3) is 0 Å². The van der Waals surface area contributed by atoms with Crippen LogP contribution in [-0.2, 0) is 14.4 Å². The minimum Gasteiger partial charge on any atom is -0.539 e. The summed E-state index contributed by atoms with van der Waals surface area (Å²) in [6.07, 6.45) is 1.94. The van der Waals surface area contributed by atoms with Crippen molar-refractivity contribution in [1.82, 2.24) is 0 Å². The van der Waals surface area contributed by atoms with Gasteiger partial charge >= 0.3 is 5.97 Å². The van der Waals surface area contributed by atoms with Gasteiger partial charge in [-0.25, -0.2) is 4.79 Å². The van der Waals surface area contributed by atoms with E-state index in [1.54, 1.807) is 0 Å². The molecule has 1 aliphatic heterocycles. The second kappa shape index (κ2) is 10.8. The largest absolute Gasteiger partial charge is 0.539 e. The van der Waals surface area contributed by atoms with Gasteiger partial charge in [-0.2, -0.15) is 0 Å².